The standard InChI is InChI=1S/C26H28N2O10/c1-2-17-8-9-26(36-14-17)13-23(20(16-37-26)15-35-24(29)18-6-4-3-5-7-18)38-25(30)19-10-21(27(31)32)12-22(11-19)28(33)34/h3-7,10-12,17,20,23H,2,8-9,13-16H2,1H3/t17-,20+,23-,26-/m1/s1. The SMILES string of the molecule is CC[C@@H]1CC[C@@]2(C[C@@H](OC(=O)c3cc([N+](=O)[O-])cc([N+](=O)[O-])c3)[C@@H](COC(=O)c3ccccc3)CO2)OC1. The molecule has 0 unspecified atom stereocenters. The van der Waals surface area contributed by atoms with E-state index < -0.39 is 51.0 Å². The van der Waals surface area contributed by atoms with Crippen LogP contribution >= 0.6 is 0 Å². The van der Waals surface area contributed by atoms with Crippen LogP contribution in [0.15, 0.2) is 48.5 Å². The summed E-state index contributed by atoms with van der Waals surface area (Å²) in [7, 11) is 0. The Morgan fingerprint density at radius 2 is 1.63 bits per heavy atom. The number of nitro benzene ring substituents is 2. The third kappa shape index (κ3) is 6.32. The first-order chi connectivity index (χ1) is 18.2. The van der Waals surface area contributed by atoms with Crippen molar-refractivity contribution in [2.45, 2.75) is 44.5 Å². The highest BCUT2D eigenvalue weighted by atomic mass is 16.7. The first kappa shape index (κ1) is 27.1. The van der Waals surface area contributed by atoms with Crippen LogP contribution in [0.4, 0.5) is 11.4 Å². The van der Waals surface area contributed by atoms with Crippen molar-refractivity contribution in [2.24, 2.45) is 11.8 Å². The smallest absolute Gasteiger partial charge is 0.338 e. The van der Waals surface area contributed by atoms with Gasteiger partial charge in [0.1, 0.15) is 12.7 Å². The van der Waals surface area contributed by atoms with Crippen LogP contribution in [0.1, 0.15) is 53.3 Å². The van der Waals surface area contributed by atoms with Gasteiger partial charge >= 0.3 is 11.9 Å². The summed E-state index contributed by atoms with van der Waals surface area (Å²) in [6.07, 6.45) is 1.72. The van der Waals surface area contributed by atoms with Gasteiger partial charge in [0.2, 0.25) is 0 Å². The fraction of sp³-hybridized carbons (Fsp3) is 0.462. The zero-order chi connectivity index (χ0) is 27.3. The number of hydrogen-bond acceptors (Lipinski definition) is 10. The fourth-order valence-corrected chi connectivity index (χ4v) is 4.61. The number of hydrogen-bond donors (Lipinski definition) is 0. The highest BCUT2D eigenvalue weighted by Crippen LogP contribution is 2.40. The molecule has 12 heteroatoms. The molecular weight excluding hydrogens is 500 g/mol. The molecule has 0 bridgehead atoms. The molecule has 4 rings (SSSR count). The molecule has 0 saturated carbocycles. The van der Waals surface area contributed by atoms with E-state index in [0.29, 0.717) is 24.5 Å². The third-order valence-electron chi connectivity index (χ3n) is 6.95. The van der Waals surface area contributed by atoms with Crippen molar-refractivity contribution in [1.29, 1.82) is 0 Å². The first-order valence-electron chi connectivity index (χ1n) is 12.3. The summed E-state index contributed by atoms with van der Waals surface area (Å²) in [5.41, 5.74) is -1.19. The predicted octanol–water partition coefficient (Wildman–Crippen LogP) is 4.45. The Balaban J connectivity index is 1.53. The van der Waals surface area contributed by atoms with E-state index in [4.69, 9.17) is 18.9 Å². The zero-order valence-electron chi connectivity index (χ0n) is 20.8. The van der Waals surface area contributed by atoms with Crippen LogP contribution in [-0.4, -0.2) is 53.5 Å². The largest absolute Gasteiger partial charge is 0.462 e. The summed E-state index contributed by atoms with van der Waals surface area (Å²) in [6, 6.07) is 11.0. The van der Waals surface area contributed by atoms with Crippen molar-refractivity contribution in [3.8, 4) is 0 Å². The van der Waals surface area contributed by atoms with Crippen molar-refractivity contribution >= 4 is 23.3 Å². The maximum absolute atomic E-state index is 13.1. The van der Waals surface area contributed by atoms with Crippen molar-refractivity contribution in [1.82, 2.24) is 0 Å². The molecule has 2 heterocycles. The van der Waals surface area contributed by atoms with Crippen LogP contribution in [0.5, 0.6) is 0 Å². The summed E-state index contributed by atoms with van der Waals surface area (Å²) < 4.78 is 23.4. The van der Waals surface area contributed by atoms with E-state index in [-0.39, 0.29) is 25.2 Å². The molecule has 0 radical (unpaired) electrons. The molecule has 2 saturated heterocycles. The van der Waals surface area contributed by atoms with Crippen LogP contribution in [0, 0.1) is 32.1 Å². The number of nitro groups is 2. The number of non-ortho nitro benzene ring substituents is 2. The minimum Gasteiger partial charge on any atom is -0.462 e. The van der Waals surface area contributed by atoms with E-state index in [1.807, 2.05) is 0 Å². The number of ether oxygens (including phenoxy) is 4. The van der Waals surface area contributed by atoms with E-state index in [1.54, 1.807) is 30.3 Å². The minimum absolute atomic E-state index is 0.0753. The molecule has 2 fully saturated rings. The number of carbonyl (C=O) groups excluding carboxylic acids is 2. The van der Waals surface area contributed by atoms with Crippen molar-refractivity contribution in [2.75, 3.05) is 19.8 Å². The molecule has 0 aromatic heterocycles. The van der Waals surface area contributed by atoms with Gasteiger partial charge < -0.3 is 18.9 Å². The molecule has 4 atom stereocenters. The normalized spacial score (nSPS) is 24.9. The number of nitrogens with zero attached hydrogens (tertiary/aromatic N) is 2. The minimum atomic E-state index is -0.981. The van der Waals surface area contributed by atoms with Crippen LogP contribution in [0.3, 0.4) is 0 Å². The van der Waals surface area contributed by atoms with Gasteiger partial charge in [-0.25, -0.2) is 9.59 Å². The van der Waals surface area contributed by atoms with Crippen molar-refractivity contribution in [3.05, 3.63) is 79.9 Å². The van der Waals surface area contributed by atoms with Crippen molar-refractivity contribution in [3.63, 3.8) is 0 Å². The molecule has 1 spiro atoms. The molecule has 0 aliphatic carbocycles. The molecule has 202 valence electrons. The van der Waals surface area contributed by atoms with Gasteiger partial charge in [0, 0.05) is 25.0 Å². The van der Waals surface area contributed by atoms with Crippen LogP contribution in [0.2, 0.25) is 0 Å². The van der Waals surface area contributed by atoms with Gasteiger partial charge in [0.25, 0.3) is 11.4 Å². The van der Waals surface area contributed by atoms with Gasteiger partial charge in [0.05, 0.1) is 46.2 Å². The van der Waals surface area contributed by atoms with E-state index in [1.165, 1.54) is 0 Å². The highest BCUT2D eigenvalue weighted by molar-refractivity contribution is 5.91. The second kappa shape index (κ2) is 11.7. The lowest BCUT2D eigenvalue weighted by Gasteiger charge is -2.46. The van der Waals surface area contributed by atoms with Gasteiger partial charge in [-0.1, -0.05) is 31.5 Å². The highest BCUT2D eigenvalue weighted by Gasteiger charge is 2.47. The molecule has 12 nitrogen and oxygen atoms in total. The molecule has 0 amide bonds. The molecule has 2 aliphatic heterocycles. The van der Waals surface area contributed by atoms with Gasteiger partial charge in [0.15, 0.2) is 5.79 Å². The summed E-state index contributed by atoms with van der Waals surface area (Å²) in [6.45, 7) is 2.52. The molecule has 2 aromatic carbocycles. The predicted molar refractivity (Wildman–Crippen MR) is 131 cm³/mol. The van der Waals surface area contributed by atoms with Gasteiger partial charge in [-0.3, -0.25) is 20.2 Å². The Kier molecular flexibility index (Phi) is 8.32. The summed E-state index contributed by atoms with van der Waals surface area (Å²) in [5.74, 6) is -2.67. The second-order valence-electron chi connectivity index (χ2n) is 9.47. The Hall–Kier alpha value is -3.90. The molecule has 38 heavy (non-hydrogen) atoms. The Morgan fingerprint density at radius 1 is 0.974 bits per heavy atom. The number of rotatable bonds is 8. The summed E-state index contributed by atoms with van der Waals surface area (Å²) >= 11 is 0. The Bertz CT molecular complexity index is 1160. The average Bonchev–Trinajstić information content (AvgIpc) is 2.93. The lowest BCUT2D eigenvalue weighted by molar-refractivity contribution is -0.394. The lowest BCUT2D eigenvalue weighted by Crippen LogP contribution is -2.53. The third-order valence-corrected chi connectivity index (χ3v) is 6.95. The van der Waals surface area contributed by atoms with Crippen molar-refractivity contribution < 1.29 is 38.4 Å². The summed E-state index contributed by atoms with van der Waals surface area (Å²) in [5, 5.41) is 22.5. The maximum atomic E-state index is 13.1. The zero-order valence-corrected chi connectivity index (χ0v) is 20.8. The van der Waals surface area contributed by atoms with Gasteiger partial charge in [-0.15, -0.1) is 0 Å². The average molecular weight is 529 g/mol. The second-order valence-corrected chi connectivity index (χ2v) is 9.47. The fourth-order valence-electron chi connectivity index (χ4n) is 4.61. The lowest BCUT2D eigenvalue weighted by atomic mass is 9.86. The maximum Gasteiger partial charge on any atom is 0.338 e. The first-order valence-corrected chi connectivity index (χ1v) is 12.3. The van der Waals surface area contributed by atoms with Crippen LogP contribution in [0.25, 0.3) is 0 Å². The molecule has 2 aromatic rings. The summed E-state index contributed by atoms with van der Waals surface area (Å²) in [4.78, 5) is 46.4. The quantitative estimate of drug-likeness (QED) is 0.272. The van der Waals surface area contributed by atoms with Gasteiger partial charge in [-0.05, 0) is 24.5 Å². The molecule has 2 aliphatic rings. The molecule has 0 N–H and O–H groups in total. The number of benzene rings is 2. The molecular formula is C26H28N2O10. The van der Waals surface area contributed by atoms with Gasteiger partial charge in [-0.2, -0.15) is 0 Å². The van der Waals surface area contributed by atoms with Crippen LogP contribution in [-0.2, 0) is 18.9 Å². The topological polar surface area (TPSA) is 157 Å². The van der Waals surface area contributed by atoms with E-state index in [0.717, 1.165) is 31.0 Å². The van der Waals surface area contributed by atoms with E-state index in [2.05, 4.69) is 6.92 Å². The number of carbonyl (C=O) groups is 2. The van der Waals surface area contributed by atoms with Crippen LogP contribution < -0.4 is 0 Å². The number of esters is 2. The Labute approximate surface area is 218 Å². The van der Waals surface area contributed by atoms with E-state index in [9.17, 15) is 29.8 Å². The van der Waals surface area contributed by atoms with E-state index >= 15 is 0 Å². The Morgan fingerprint density at radius 3 is 2.21 bits per heavy atom. The monoisotopic (exact) mass is 528 g/mol.